The molecule has 8 rings (SSSR count). The number of aliphatic hydroxyl groups is 1. The average Bonchev–Trinajstić information content (AvgIpc) is 3.55. The van der Waals surface area contributed by atoms with Gasteiger partial charge in [0.2, 0.25) is 5.95 Å². The van der Waals surface area contributed by atoms with Crippen LogP contribution in [0.25, 0.3) is 11.5 Å². The van der Waals surface area contributed by atoms with Gasteiger partial charge in [-0.3, -0.25) is 0 Å². The lowest BCUT2D eigenvalue weighted by atomic mass is 9.71. The molecule has 6 heterocycles. The van der Waals surface area contributed by atoms with E-state index in [9.17, 15) is 9.90 Å². The monoisotopic (exact) mass is 581 g/mol. The van der Waals surface area contributed by atoms with Crippen LogP contribution in [0.4, 0.5) is 17.5 Å². The predicted molar refractivity (Wildman–Crippen MR) is 160 cm³/mol. The lowest BCUT2D eigenvalue weighted by Gasteiger charge is -2.46. The number of carbonyl (C=O) groups excluding carboxylic acids is 1. The fraction of sp³-hybridized carbons (Fsp3) is 0.406. The van der Waals surface area contributed by atoms with E-state index in [1.165, 1.54) is 0 Å². The average molecular weight is 582 g/mol. The Balaban J connectivity index is 1.23. The second-order valence-electron chi connectivity index (χ2n) is 11.9. The van der Waals surface area contributed by atoms with Crippen LogP contribution in [0.2, 0.25) is 0 Å². The van der Waals surface area contributed by atoms with E-state index in [1.54, 1.807) is 12.3 Å². The molecular formula is C32H35N7O4. The van der Waals surface area contributed by atoms with Crippen LogP contribution in [-0.4, -0.2) is 68.4 Å². The van der Waals surface area contributed by atoms with Gasteiger partial charge in [0.05, 0.1) is 18.2 Å². The highest BCUT2D eigenvalue weighted by Crippen LogP contribution is 2.42. The molecule has 3 saturated heterocycles. The second kappa shape index (κ2) is 11.1. The SMILES string of the molecule is C[C@H]1OC(=O)c2ccc(Nc3ncc(-c4nc(C56CCN(CC5)CC6)no4)c(N[C@H](CO)c4ccccc4)n3)cc2[C@@H]1C. The van der Waals surface area contributed by atoms with Gasteiger partial charge in [-0.15, -0.1) is 0 Å². The first-order valence-electron chi connectivity index (χ1n) is 14.9. The highest BCUT2D eigenvalue weighted by atomic mass is 16.5. The summed E-state index contributed by atoms with van der Waals surface area (Å²) in [6.45, 7) is 6.95. The molecule has 4 aliphatic rings. The summed E-state index contributed by atoms with van der Waals surface area (Å²) in [7, 11) is 0. The Morgan fingerprint density at radius 3 is 2.56 bits per heavy atom. The predicted octanol–water partition coefficient (Wildman–Crippen LogP) is 4.82. The minimum absolute atomic E-state index is 0.0498. The fourth-order valence-corrected chi connectivity index (χ4v) is 6.42. The Hall–Kier alpha value is -4.35. The third-order valence-electron chi connectivity index (χ3n) is 9.35. The number of carbonyl (C=O) groups is 1. The third kappa shape index (κ3) is 5.12. The van der Waals surface area contributed by atoms with E-state index in [-0.39, 0.29) is 30.0 Å². The summed E-state index contributed by atoms with van der Waals surface area (Å²) in [6, 6.07) is 14.8. The van der Waals surface area contributed by atoms with Crippen LogP contribution in [0.15, 0.2) is 59.3 Å². The molecule has 11 heteroatoms. The van der Waals surface area contributed by atoms with Gasteiger partial charge < -0.3 is 29.9 Å². The number of nitrogens with zero attached hydrogens (tertiary/aromatic N) is 5. The summed E-state index contributed by atoms with van der Waals surface area (Å²) in [5.74, 6) is 1.61. The molecule has 0 spiro atoms. The molecule has 0 unspecified atom stereocenters. The number of ether oxygens (including phenoxy) is 1. The molecule has 2 aromatic carbocycles. The van der Waals surface area contributed by atoms with Crippen molar-refractivity contribution in [3.8, 4) is 11.5 Å². The highest BCUT2D eigenvalue weighted by Gasteiger charge is 2.44. The summed E-state index contributed by atoms with van der Waals surface area (Å²) in [6.07, 6.45) is 4.51. The Morgan fingerprint density at radius 2 is 1.81 bits per heavy atom. The molecule has 4 aliphatic heterocycles. The van der Waals surface area contributed by atoms with Crippen molar-refractivity contribution >= 4 is 23.4 Å². The molecule has 2 bridgehead atoms. The molecule has 222 valence electrons. The van der Waals surface area contributed by atoms with Crippen molar-refractivity contribution in [2.24, 2.45) is 0 Å². The quantitative estimate of drug-likeness (QED) is 0.247. The normalized spacial score (nSPS) is 25.1. The smallest absolute Gasteiger partial charge is 0.338 e. The van der Waals surface area contributed by atoms with E-state index >= 15 is 0 Å². The number of hydrogen-bond donors (Lipinski definition) is 3. The molecular weight excluding hydrogens is 546 g/mol. The van der Waals surface area contributed by atoms with Crippen molar-refractivity contribution in [3.05, 3.63) is 77.2 Å². The van der Waals surface area contributed by atoms with E-state index in [0.717, 1.165) is 61.5 Å². The number of benzene rings is 2. The number of fused-ring (bicyclic) bond motifs is 4. The molecule has 11 nitrogen and oxygen atoms in total. The maximum absolute atomic E-state index is 12.4. The van der Waals surface area contributed by atoms with Crippen LogP contribution in [0, 0.1) is 0 Å². The molecule has 0 saturated carbocycles. The zero-order chi connectivity index (χ0) is 29.6. The highest BCUT2D eigenvalue weighted by molar-refractivity contribution is 5.93. The number of anilines is 3. The lowest BCUT2D eigenvalue weighted by Crippen LogP contribution is -2.51. The Kier molecular flexibility index (Phi) is 7.06. The van der Waals surface area contributed by atoms with Crippen LogP contribution < -0.4 is 10.6 Å². The number of esters is 1. The topological polar surface area (TPSA) is 139 Å². The van der Waals surface area contributed by atoms with Gasteiger partial charge in [0.15, 0.2) is 5.82 Å². The molecule has 4 aromatic rings. The lowest BCUT2D eigenvalue weighted by molar-refractivity contribution is 0.0241. The largest absolute Gasteiger partial charge is 0.458 e. The molecule has 0 aliphatic carbocycles. The van der Waals surface area contributed by atoms with Crippen LogP contribution in [0.5, 0.6) is 0 Å². The first-order valence-corrected chi connectivity index (χ1v) is 14.9. The molecule has 43 heavy (non-hydrogen) atoms. The molecule has 3 atom stereocenters. The van der Waals surface area contributed by atoms with Crippen LogP contribution in [0.3, 0.4) is 0 Å². The van der Waals surface area contributed by atoms with Gasteiger partial charge in [0.1, 0.15) is 17.5 Å². The Bertz CT molecular complexity index is 1620. The summed E-state index contributed by atoms with van der Waals surface area (Å²) in [5, 5.41) is 21.4. The number of cyclic esters (lactones) is 1. The molecule has 0 amide bonds. The standard InChI is InChI=1S/C32H35N7O4/c1-19-20(2)42-29(41)23-9-8-22(16-24(19)23)34-31-33-17-25(27(36-31)35-26(18-40)21-6-4-3-5-7-21)28-37-30(38-43-28)32-10-13-39(14-11-32)15-12-32/h3-9,16-17,19-20,26,40H,10-15,18H2,1-2H3,(H2,33,34,35,36)/t19-,20-,26-/m1/s1. The Morgan fingerprint density at radius 1 is 1.05 bits per heavy atom. The van der Waals surface area contributed by atoms with Crippen molar-refractivity contribution < 1.29 is 19.2 Å². The number of nitrogens with one attached hydrogen (secondary N) is 2. The number of piperidine rings is 3. The fourth-order valence-electron chi connectivity index (χ4n) is 6.42. The minimum atomic E-state index is -0.427. The van der Waals surface area contributed by atoms with Gasteiger partial charge in [-0.2, -0.15) is 9.97 Å². The zero-order valence-electron chi connectivity index (χ0n) is 24.3. The summed E-state index contributed by atoms with van der Waals surface area (Å²) < 4.78 is 11.3. The van der Waals surface area contributed by atoms with E-state index in [2.05, 4.69) is 25.7 Å². The van der Waals surface area contributed by atoms with Crippen molar-refractivity contribution in [2.45, 2.75) is 56.6 Å². The number of aromatic nitrogens is 4. The molecule has 3 fully saturated rings. The van der Waals surface area contributed by atoms with Gasteiger partial charge in [0, 0.05) is 23.2 Å². The van der Waals surface area contributed by atoms with E-state index in [4.69, 9.17) is 19.2 Å². The number of rotatable bonds is 8. The van der Waals surface area contributed by atoms with Crippen molar-refractivity contribution in [1.82, 2.24) is 25.0 Å². The second-order valence-corrected chi connectivity index (χ2v) is 11.9. The van der Waals surface area contributed by atoms with Crippen LogP contribution in [-0.2, 0) is 10.2 Å². The zero-order valence-corrected chi connectivity index (χ0v) is 24.3. The number of hydrogen-bond acceptors (Lipinski definition) is 11. The first-order chi connectivity index (χ1) is 20.9. The number of aliphatic hydroxyl groups excluding tert-OH is 1. The molecule has 3 N–H and O–H groups in total. The van der Waals surface area contributed by atoms with Crippen LogP contribution in [0.1, 0.15) is 72.4 Å². The first kappa shape index (κ1) is 27.5. The summed E-state index contributed by atoms with van der Waals surface area (Å²) in [5.41, 5.74) is 3.64. The van der Waals surface area contributed by atoms with Crippen LogP contribution >= 0.6 is 0 Å². The van der Waals surface area contributed by atoms with Gasteiger partial charge in [0.25, 0.3) is 5.89 Å². The van der Waals surface area contributed by atoms with E-state index < -0.39 is 6.04 Å². The Labute approximate surface area is 249 Å². The maximum Gasteiger partial charge on any atom is 0.338 e. The summed E-state index contributed by atoms with van der Waals surface area (Å²) in [4.78, 5) is 29.2. The minimum Gasteiger partial charge on any atom is -0.458 e. The van der Waals surface area contributed by atoms with Gasteiger partial charge in [-0.25, -0.2) is 9.78 Å². The van der Waals surface area contributed by atoms with Gasteiger partial charge in [-0.05, 0) is 75.1 Å². The summed E-state index contributed by atoms with van der Waals surface area (Å²) >= 11 is 0. The van der Waals surface area contributed by atoms with Crippen molar-refractivity contribution in [1.29, 1.82) is 0 Å². The van der Waals surface area contributed by atoms with Gasteiger partial charge >= 0.3 is 5.97 Å². The van der Waals surface area contributed by atoms with Crippen molar-refractivity contribution in [3.63, 3.8) is 0 Å². The van der Waals surface area contributed by atoms with E-state index in [1.807, 2.05) is 56.3 Å². The van der Waals surface area contributed by atoms with E-state index in [0.29, 0.717) is 28.8 Å². The molecule has 2 aromatic heterocycles. The van der Waals surface area contributed by atoms with Gasteiger partial charge in [-0.1, -0.05) is 42.4 Å². The van der Waals surface area contributed by atoms with Crippen molar-refractivity contribution in [2.75, 3.05) is 36.9 Å². The molecule has 0 radical (unpaired) electrons. The third-order valence-corrected chi connectivity index (χ3v) is 9.35. The maximum atomic E-state index is 12.4.